The molecule has 0 fully saturated rings. The van der Waals surface area contributed by atoms with Crippen molar-refractivity contribution in [2.24, 2.45) is 0 Å². The number of nitrogens with one attached hydrogen (secondary N) is 1. The molecule has 0 amide bonds. The monoisotopic (exact) mass is 145 g/mol. The highest BCUT2D eigenvalue weighted by molar-refractivity contribution is 8.28. The van der Waals surface area contributed by atoms with Crippen LogP contribution in [0.2, 0.25) is 0 Å². The van der Waals surface area contributed by atoms with Gasteiger partial charge in [-0.3, -0.25) is 0 Å². The van der Waals surface area contributed by atoms with E-state index in [4.69, 9.17) is 11.2 Å². The summed E-state index contributed by atoms with van der Waals surface area (Å²) < 4.78 is 0. The highest BCUT2D eigenvalue weighted by atomic mass is 32.8. The molecule has 44 valence electrons. The van der Waals surface area contributed by atoms with Crippen molar-refractivity contribution in [2.75, 3.05) is 6.26 Å². The Morgan fingerprint density at radius 1 is 1.75 bits per heavy atom. The number of hydrogen-bond acceptors (Lipinski definition) is 1. The summed E-state index contributed by atoms with van der Waals surface area (Å²) in [6, 6.07) is 3.97. The molecule has 0 bridgehead atoms. The van der Waals surface area contributed by atoms with Crippen molar-refractivity contribution in [3.8, 4) is 0 Å². The van der Waals surface area contributed by atoms with Crippen LogP contribution in [0.3, 0.4) is 0 Å². The van der Waals surface area contributed by atoms with Crippen LogP contribution in [0, 0.1) is 0 Å². The highest BCUT2D eigenvalue weighted by Gasteiger charge is 1.88. The van der Waals surface area contributed by atoms with Gasteiger partial charge in [-0.15, -0.1) is 0 Å². The van der Waals surface area contributed by atoms with Crippen LogP contribution in [0.25, 0.3) is 0 Å². The molecule has 1 unspecified atom stereocenters. The van der Waals surface area contributed by atoms with Gasteiger partial charge in [-0.1, -0.05) is 9.45 Å². The minimum absolute atomic E-state index is 0.0201. The molecule has 0 aliphatic carbocycles. The summed E-state index contributed by atoms with van der Waals surface area (Å²) in [4.78, 5) is 3.04. The minimum atomic E-state index is -0.0201. The molecule has 0 saturated heterocycles. The Labute approximate surface area is 55.7 Å². The molecule has 8 heavy (non-hydrogen) atoms. The van der Waals surface area contributed by atoms with E-state index in [1.54, 1.807) is 0 Å². The van der Waals surface area contributed by atoms with Gasteiger partial charge in [-0.25, -0.2) is 0 Å². The van der Waals surface area contributed by atoms with Crippen LogP contribution < -0.4 is 0 Å². The Morgan fingerprint density at radius 2 is 2.50 bits per heavy atom. The number of H-pyrrole nitrogens is 1. The first-order chi connectivity index (χ1) is 3.80. The average molecular weight is 145 g/mol. The van der Waals surface area contributed by atoms with Crippen LogP contribution in [-0.4, -0.2) is 11.2 Å². The first kappa shape index (κ1) is 5.98. The van der Waals surface area contributed by atoms with E-state index in [1.807, 2.05) is 24.6 Å². The summed E-state index contributed by atoms with van der Waals surface area (Å²) in [5.74, 6) is 0. The zero-order valence-electron chi connectivity index (χ0n) is 4.55. The van der Waals surface area contributed by atoms with Crippen molar-refractivity contribution in [2.45, 2.75) is 5.03 Å². The van der Waals surface area contributed by atoms with E-state index in [-0.39, 0.29) is 9.45 Å². The predicted molar refractivity (Wildman–Crippen MR) is 39.7 cm³/mol. The van der Waals surface area contributed by atoms with Gasteiger partial charge in [0.15, 0.2) is 0 Å². The second kappa shape index (κ2) is 2.42. The molecular weight excluding hydrogens is 138 g/mol. The second-order valence-electron chi connectivity index (χ2n) is 1.49. The van der Waals surface area contributed by atoms with Gasteiger partial charge in [0.25, 0.3) is 0 Å². The topological polar surface area (TPSA) is 15.8 Å². The third-order valence-electron chi connectivity index (χ3n) is 0.879. The highest BCUT2D eigenvalue weighted by Crippen LogP contribution is 1.97. The third-order valence-corrected chi connectivity index (χ3v) is 2.29. The lowest BCUT2D eigenvalue weighted by Gasteiger charge is -1.88. The molecule has 0 radical (unpaired) electrons. The van der Waals surface area contributed by atoms with E-state index in [0.717, 1.165) is 5.03 Å². The molecule has 1 heterocycles. The fraction of sp³-hybridized carbons (Fsp3) is 0.200. The fourth-order valence-electron chi connectivity index (χ4n) is 0.493. The van der Waals surface area contributed by atoms with E-state index in [9.17, 15) is 0 Å². The molecule has 0 aliphatic heterocycles. The molecule has 3 heteroatoms. The minimum Gasteiger partial charge on any atom is -0.356 e. The number of rotatable bonds is 1. The van der Waals surface area contributed by atoms with Crippen molar-refractivity contribution in [3.63, 3.8) is 0 Å². The fourth-order valence-corrected chi connectivity index (χ4v) is 1.31. The zero-order valence-corrected chi connectivity index (χ0v) is 6.18. The van der Waals surface area contributed by atoms with Gasteiger partial charge in [0.2, 0.25) is 0 Å². The first-order valence-electron chi connectivity index (χ1n) is 2.27. The van der Waals surface area contributed by atoms with Gasteiger partial charge in [-0.2, -0.15) is 0 Å². The Balaban J connectivity index is 2.93. The molecule has 1 N–H and O–H groups in total. The number of aromatic nitrogens is 1. The maximum atomic E-state index is 5.00. The molecule has 0 aromatic carbocycles. The molecule has 1 atom stereocenters. The average Bonchev–Trinajstić information content (AvgIpc) is 2.12. The summed E-state index contributed by atoms with van der Waals surface area (Å²) in [5.41, 5.74) is 0. The van der Waals surface area contributed by atoms with E-state index >= 15 is 0 Å². The summed E-state index contributed by atoms with van der Waals surface area (Å²) in [6.07, 6.45) is 3.91. The Hall–Kier alpha value is -0.150. The number of hydrogen-bond donors (Lipinski definition) is 1. The number of aromatic amines is 1. The summed E-state index contributed by atoms with van der Waals surface area (Å²) >= 11 is 5.00. The van der Waals surface area contributed by atoms with Crippen LogP contribution in [0.1, 0.15) is 0 Å². The first-order valence-corrected chi connectivity index (χ1v) is 4.83. The Kier molecular flexibility index (Phi) is 1.81. The molecule has 0 saturated carbocycles. The molecular formula is C5H7NS2. The summed E-state index contributed by atoms with van der Waals surface area (Å²) in [5, 5.41) is 1.15. The Morgan fingerprint density at radius 3 is 2.75 bits per heavy atom. The van der Waals surface area contributed by atoms with E-state index in [0.29, 0.717) is 0 Å². The lowest BCUT2D eigenvalue weighted by molar-refractivity contribution is 1.21. The molecule has 1 nitrogen and oxygen atoms in total. The Bertz CT molecular complexity index is 178. The van der Waals surface area contributed by atoms with Crippen molar-refractivity contribution >= 4 is 20.6 Å². The standard InChI is InChI=1S/C5H7NS2/c1-8(7)5-3-2-4-6-5/h2-4,6H,1H3. The van der Waals surface area contributed by atoms with Gasteiger partial charge in [0, 0.05) is 6.20 Å². The van der Waals surface area contributed by atoms with Crippen molar-refractivity contribution in [1.29, 1.82) is 0 Å². The van der Waals surface area contributed by atoms with Crippen LogP contribution in [0.5, 0.6) is 0 Å². The maximum Gasteiger partial charge on any atom is 0.0762 e. The molecule has 1 rings (SSSR count). The normalized spacial score (nSPS) is 13.6. The molecule has 1 aromatic heterocycles. The van der Waals surface area contributed by atoms with E-state index < -0.39 is 0 Å². The van der Waals surface area contributed by atoms with Gasteiger partial charge in [-0.05, 0) is 29.6 Å². The SMILES string of the molecule is CS(=S)c1ccc[nH]1. The van der Waals surface area contributed by atoms with Gasteiger partial charge < -0.3 is 4.98 Å². The van der Waals surface area contributed by atoms with Crippen molar-refractivity contribution in [3.05, 3.63) is 18.3 Å². The van der Waals surface area contributed by atoms with Crippen molar-refractivity contribution in [1.82, 2.24) is 4.98 Å². The van der Waals surface area contributed by atoms with Crippen LogP contribution in [-0.2, 0) is 20.6 Å². The maximum absolute atomic E-state index is 5.00. The summed E-state index contributed by atoms with van der Waals surface area (Å²) in [7, 11) is -0.0201. The van der Waals surface area contributed by atoms with E-state index in [2.05, 4.69) is 4.98 Å². The summed E-state index contributed by atoms with van der Waals surface area (Å²) in [6.45, 7) is 0. The van der Waals surface area contributed by atoms with Crippen LogP contribution in [0.4, 0.5) is 0 Å². The van der Waals surface area contributed by atoms with E-state index in [1.165, 1.54) is 0 Å². The van der Waals surface area contributed by atoms with Gasteiger partial charge in [0.1, 0.15) is 0 Å². The lowest BCUT2D eigenvalue weighted by atomic mass is 10.7. The predicted octanol–water partition coefficient (Wildman–Crippen LogP) is 1.08. The van der Waals surface area contributed by atoms with Gasteiger partial charge >= 0.3 is 0 Å². The van der Waals surface area contributed by atoms with Crippen LogP contribution in [0.15, 0.2) is 23.4 Å². The molecule has 0 aliphatic rings. The largest absolute Gasteiger partial charge is 0.356 e. The van der Waals surface area contributed by atoms with Crippen LogP contribution >= 0.6 is 0 Å². The zero-order chi connectivity index (χ0) is 5.98. The molecule has 1 aromatic rings. The molecule has 0 spiro atoms. The van der Waals surface area contributed by atoms with Gasteiger partial charge in [0.05, 0.1) is 5.03 Å². The third kappa shape index (κ3) is 1.17. The quantitative estimate of drug-likeness (QED) is 0.625. The lowest BCUT2D eigenvalue weighted by Crippen LogP contribution is -1.82. The van der Waals surface area contributed by atoms with Crippen molar-refractivity contribution < 1.29 is 0 Å². The second-order valence-corrected chi connectivity index (χ2v) is 4.34. The smallest absolute Gasteiger partial charge is 0.0762 e.